The lowest BCUT2D eigenvalue weighted by molar-refractivity contribution is 0.621. The van der Waals surface area contributed by atoms with Crippen molar-refractivity contribution in [3.63, 3.8) is 0 Å². The molecule has 4 heteroatoms. The first-order valence-corrected chi connectivity index (χ1v) is 18.6. The van der Waals surface area contributed by atoms with Gasteiger partial charge in [0.2, 0.25) is 5.89 Å². The number of aromatic nitrogens is 1. The van der Waals surface area contributed by atoms with Gasteiger partial charge in [0.25, 0.3) is 0 Å². The third-order valence-corrected chi connectivity index (χ3v) is 11.1. The van der Waals surface area contributed by atoms with Crippen LogP contribution in [0.5, 0.6) is 0 Å². The summed E-state index contributed by atoms with van der Waals surface area (Å²) in [5, 5.41) is 2.55. The largest absolute Gasteiger partial charge is 0.435 e. The number of oxazole rings is 1. The molecule has 53 heavy (non-hydrogen) atoms. The van der Waals surface area contributed by atoms with Crippen LogP contribution >= 0.6 is 11.3 Å². The van der Waals surface area contributed by atoms with Crippen LogP contribution in [0.4, 0.5) is 17.1 Å². The van der Waals surface area contributed by atoms with Crippen molar-refractivity contribution in [2.24, 2.45) is 0 Å². The number of anilines is 3. The number of nitrogens with zero attached hydrogens (tertiary/aromatic N) is 2. The highest BCUT2D eigenvalue weighted by Gasteiger charge is 2.21. The molecule has 0 amide bonds. The van der Waals surface area contributed by atoms with Crippen LogP contribution in [0.1, 0.15) is 0 Å². The molecule has 0 saturated carbocycles. The Balaban J connectivity index is 1.13. The van der Waals surface area contributed by atoms with E-state index in [4.69, 9.17) is 9.40 Å². The van der Waals surface area contributed by atoms with Gasteiger partial charge in [-0.15, -0.1) is 11.3 Å². The molecule has 10 rings (SSSR count). The van der Waals surface area contributed by atoms with E-state index in [0.29, 0.717) is 5.89 Å². The number of hydrogen-bond donors (Lipinski definition) is 0. The predicted octanol–water partition coefficient (Wildman–Crippen LogP) is 14.3. The van der Waals surface area contributed by atoms with E-state index in [-0.39, 0.29) is 0 Å². The molecule has 0 aliphatic carbocycles. The Morgan fingerprint density at radius 2 is 0.981 bits per heavy atom. The van der Waals surface area contributed by atoms with Gasteiger partial charge < -0.3 is 9.32 Å². The van der Waals surface area contributed by atoms with Gasteiger partial charge in [-0.3, -0.25) is 0 Å². The fourth-order valence-corrected chi connectivity index (χ4v) is 8.48. The number of hydrogen-bond acceptors (Lipinski definition) is 4. The highest BCUT2D eigenvalue weighted by atomic mass is 32.1. The third-order valence-electron chi connectivity index (χ3n) is 9.93. The summed E-state index contributed by atoms with van der Waals surface area (Å²) in [7, 11) is 0. The zero-order valence-electron chi connectivity index (χ0n) is 28.7. The number of thiophene rings is 1. The second kappa shape index (κ2) is 13.1. The van der Waals surface area contributed by atoms with Gasteiger partial charge in [0.15, 0.2) is 5.58 Å². The second-order valence-corrected chi connectivity index (χ2v) is 14.2. The monoisotopic (exact) mass is 696 g/mol. The molecule has 0 aliphatic heterocycles. The Morgan fingerprint density at radius 3 is 1.74 bits per heavy atom. The van der Waals surface area contributed by atoms with Crippen LogP contribution in [0, 0.1) is 0 Å². The van der Waals surface area contributed by atoms with Crippen molar-refractivity contribution in [2.75, 3.05) is 4.90 Å². The summed E-state index contributed by atoms with van der Waals surface area (Å²) in [4.78, 5) is 7.46. The van der Waals surface area contributed by atoms with Gasteiger partial charge in [-0.25, -0.2) is 4.98 Å². The molecule has 0 bridgehead atoms. The van der Waals surface area contributed by atoms with E-state index in [1.807, 2.05) is 47.7 Å². The van der Waals surface area contributed by atoms with Crippen LogP contribution in [0.25, 0.3) is 76.1 Å². The average molecular weight is 697 g/mol. The molecular weight excluding hydrogens is 665 g/mol. The second-order valence-electron chi connectivity index (χ2n) is 13.1. The van der Waals surface area contributed by atoms with Crippen molar-refractivity contribution in [3.05, 3.63) is 194 Å². The van der Waals surface area contributed by atoms with E-state index >= 15 is 0 Å². The van der Waals surface area contributed by atoms with E-state index in [0.717, 1.165) is 56.0 Å². The number of benzene rings is 8. The van der Waals surface area contributed by atoms with Crippen LogP contribution in [0.2, 0.25) is 0 Å². The molecule has 0 atom stereocenters. The highest BCUT2D eigenvalue weighted by Crippen LogP contribution is 2.45. The lowest BCUT2D eigenvalue weighted by atomic mass is 9.97. The maximum atomic E-state index is 6.63. The summed E-state index contributed by atoms with van der Waals surface area (Å²) >= 11 is 1.84. The Kier molecular flexibility index (Phi) is 7.67. The summed E-state index contributed by atoms with van der Waals surface area (Å²) in [6.07, 6.45) is 0. The average Bonchev–Trinajstić information content (AvgIpc) is 3.85. The van der Waals surface area contributed by atoms with Crippen LogP contribution in [-0.2, 0) is 0 Å². The summed E-state index contributed by atoms with van der Waals surface area (Å²) in [5.74, 6) is 0.613. The Labute approximate surface area is 311 Å². The molecular formula is C49H32N2OS. The molecule has 8 aromatic carbocycles. The van der Waals surface area contributed by atoms with Crippen LogP contribution in [0.3, 0.4) is 0 Å². The smallest absolute Gasteiger partial charge is 0.227 e. The fourth-order valence-electron chi connectivity index (χ4n) is 7.39. The van der Waals surface area contributed by atoms with Gasteiger partial charge in [0.1, 0.15) is 5.52 Å². The lowest BCUT2D eigenvalue weighted by Gasteiger charge is -2.28. The molecule has 250 valence electrons. The van der Waals surface area contributed by atoms with Crippen molar-refractivity contribution >= 4 is 59.7 Å². The van der Waals surface area contributed by atoms with E-state index in [2.05, 4.69) is 163 Å². The molecule has 0 N–H and O–H groups in total. The SMILES string of the molecule is c1ccc(-c2nc3c(-c4ccccc4)ccc(-c4ccc(N(c5ccc6sc7ccccc7c6c5)c5ccccc5-c5ccccc5)cc4)c3o2)cc1. The van der Waals surface area contributed by atoms with Crippen molar-refractivity contribution < 1.29 is 4.42 Å². The van der Waals surface area contributed by atoms with E-state index < -0.39 is 0 Å². The Bertz CT molecular complexity index is 2880. The normalized spacial score (nSPS) is 11.4. The number of fused-ring (bicyclic) bond motifs is 4. The van der Waals surface area contributed by atoms with Gasteiger partial charge >= 0.3 is 0 Å². The number of rotatable bonds is 7. The first-order valence-electron chi connectivity index (χ1n) is 17.8. The van der Waals surface area contributed by atoms with Gasteiger partial charge in [0.05, 0.1) is 5.69 Å². The minimum Gasteiger partial charge on any atom is -0.435 e. The molecule has 0 spiro atoms. The first kappa shape index (κ1) is 31.0. The van der Waals surface area contributed by atoms with Crippen molar-refractivity contribution in [1.82, 2.24) is 4.98 Å². The van der Waals surface area contributed by atoms with E-state index in [9.17, 15) is 0 Å². The van der Waals surface area contributed by atoms with Crippen molar-refractivity contribution in [1.29, 1.82) is 0 Å². The topological polar surface area (TPSA) is 29.3 Å². The predicted molar refractivity (Wildman–Crippen MR) is 223 cm³/mol. The lowest BCUT2D eigenvalue weighted by Crippen LogP contribution is -2.11. The van der Waals surface area contributed by atoms with Gasteiger partial charge in [-0.1, -0.05) is 133 Å². The van der Waals surface area contributed by atoms with Crippen molar-refractivity contribution in [2.45, 2.75) is 0 Å². The summed E-state index contributed by atoms with van der Waals surface area (Å²) in [6.45, 7) is 0. The van der Waals surface area contributed by atoms with E-state index in [1.165, 1.54) is 31.3 Å². The summed E-state index contributed by atoms with van der Waals surface area (Å²) < 4.78 is 9.21. The maximum Gasteiger partial charge on any atom is 0.227 e. The fraction of sp³-hybridized carbons (Fsp3) is 0. The molecule has 2 heterocycles. The minimum atomic E-state index is 0.613. The zero-order valence-corrected chi connectivity index (χ0v) is 29.5. The van der Waals surface area contributed by atoms with Crippen LogP contribution in [-0.4, -0.2) is 4.98 Å². The van der Waals surface area contributed by atoms with E-state index in [1.54, 1.807) is 0 Å². The van der Waals surface area contributed by atoms with Gasteiger partial charge in [-0.05, 0) is 77.4 Å². The standard InChI is InChI=1S/C49H32N2OS/c1-4-14-33(15-5-1)39-20-10-12-22-44(39)51(38-28-31-46-43(32-38)42-21-11-13-23-45(42)53-46)37-26-24-35(25-27-37)41-30-29-40(34-16-6-2-7-17-34)47-48(41)52-49(50-47)36-18-8-3-9-19-36/h1-32H. The van der Waals surface area contributed by atoms with Crippen molar-refractivity contribution in [3.8, 4) is 44.8 Å². The summed E-state index contributed by atoms with van der Waals surface area (Å²) in [6, 6.07) is 68.6. The van der Waals surface area contributed by atoms with Gasteiger partial charge in [-0.2, -0.15) is 0 Å². The molecule has 3 nitrogen and oxygen atoms in total. The molecule has 2 aromatic heterocycles. The summed E-state index contributed by atoms with van der Waals surface area (Å²) in [5.41, 5.74) is 12.4. The number of para-hydroxylation sites is 1. The molecule has 0 saturated heterocycles. The quantitative estimate of drug-likeness (QED) is 0.166. The minimum absolute atomic E-state index is 0.613. The van der Waals surface area contributed by atoms with Crippen LogP contribution in [0.15, 0.2) is 199 Å². The Hall–Kier alpha value is -6.75. The molecule has 0 aliphatic rings. The highest BCUT2D eigenvalue weighted by molar-refractivity contribution is 7.25. The molecule has 0 fully saturated rings. The molecule has 0 unspecified atom stereocenters. The van der Waals surface area contributed by atoms with Crippen LogP contribution < -0.4 is 4.90 Å². The third kappa shape index (κ3) is 5.57. The first-order chi connectivity index (χ1) is 26.3. The maximum absolute atomic E-state index is 6.63. The molecule has 10 aromatic rings. The van der Waals surface area contributed by atoms with Gasteiger partial charge in [0, 0.05) is 53.8 Å². The zero-order chi connectivity index (χ0) is 35.1. The molecule has 0 radical (unpaired) electrons. The Morgan fingerprint density at radius 1 is 0.415 bits per heavy atom.